The molecule has 12 nitrogen and oxygen atoms in total. The normalized spacial score (nSPS) is 45.4. The summed E-state index contributed by atoms with van der Waals surface area (Å²) >= 11 is 0. The van der Waals surface area contributed by atoms with Gasteiger partial charge >= 0.3 is 26.8 Å². The Bertz CT molecular complexity index is 1480. The first-order valence-corrected chi connectivity index (χ1v) is 17.2. The van der Waals surface area contributed by atoms with Crippen molar-refractivity contribution in [2.45, 2.75) is 90.1 Å². The molecule has 1 saturated heterocycles. The number of epoxide rings is 1. The Morgan fingerprint density at radius 3 is 2.43 bits per heavy atom. The highest BCUT2D eigenvalue weighted by atomic mass is 32.3. The Balaban J connectivity index is 1.22. The molecule has 14 heteroatoms. The van der Waals surface area contributed by atoms with E-state index < -0.39 is 56.6 Å². The highest BCUT2D eigenvalue weighted by molar-refractivity contribution is 7.81. The van der Waals surface area contributed by atoms with Gasteiger partial charge in [0.25, 0.3) is 0 Å². The van der Waals surface area contributed by atoms with Crippen molar-refractivity contribution in [1.82, 2.24) is 0 Å². The number of allylic oxidation sites excluding steroid dienone is 1. The molecule has 3 saturated carbocycles. The number of carbonyl (C=O) groups excluding carboxylic acids is 2. The zero-order valence-corrected chi connectivity index (χ0v) is 25.6. The van der Waals surface area contributed by atoms with Crippen LogP contribution in [0.25, 0.3) is 0 Å². The maximum Gasteiger partial charge on any atom is 0.398 e. The van der Waals surface area contributed by atoms with E-state index in [0.29, 0.717) is 18.4 Å². The van der Waals surface area contributed by atoms with Crippen LogP contribution in [0.4, 0.5) is 0 Å². The summed E-state index contributed by atoms with van der Waals surface area (Å²) < 4.78 is 85.1. The fourth-order valence-electron chi connectivity index (χ4n) is 10.0. The summed E-state index contributed by atoms with van der Waals surface area (Å²) in [5.41, 5.74) is -1.42. The number of hydrogen-bond acceptors (Lipinski definition) is 10. The smallest absolute Gasteiger partial charge is 0.398 e. The lowest BCUT2D eigenvalue weighted by Gasteiger charge is -2.58. The van der Waals surface area contributed by atoms with E-state index in [0.717, 1.165) is 25.7 Å². The van der Waals surface area contributed by atoms with E-state index in [9.17, 15) is 31.0 Å². The number of rotatable bonds is 7. The molecule has 234 valence electrons. The number of carbonyl (C=O) groups is 2. The van der Waals surface area contributed by atoms with Crippen molar-refractivity contribution < 1.29 is 53.4 Å². The molecule has 6 rings (SSSR count). The molecule has 6 aliphatic rings. The molecule has 0 aromatic carbocycles. The van der Waals surface area contributed by atoms with Gasteiger partial charge in [0.2, 0.25) is 0 Å². The largest absolute Gasteiger partial charge is 0.458 e. The van der Waals surface area contributed by atoms with Crippen molar-refractivity contribution in [2.75, 3.05) is 6.61 Å². The van der Waals surface area contributed by atoms with Crippen LogP contribution in [0.3, 0.4) is 0 Å². The molecular weight excluding hydrogens is 592 g/mol. The molecule has 4 aliphatic carbocycles. The highest BCUT2D eigenvalue weighted by Crippen LogP contribution is 2.73. The molecule has 0 bridgehead atoms. The van der Waals surface area contributed by atoms with E-state index in [1.807, 2.05) is 6.92 Å². The van der Waals surface area contributed by atoms with Crippen molar-refractivity contribution >= 4 is 32.6 Å². The minimum absolute atomic E-state index is 0.0155. The topological polar surface area (TPSA) is 183 Å². The standard InChI is InChI=1S/C28H38O12S2/c1-14-11-21(38-25(30)17(14)13-37-41(31,32)33)15(2)18-5-6-19-16-12-24-28(39-24)23(40-42(34,35)36)8-7-22(29)27(28,4)20(16)9-10-26(18,19)3/h7-8,15-16,18-21,23-24H,5-6,9-13H2,1-4H3,(H,31,32,33)(H,34,35,36)/t15-,16-,18+,19-,20-,21+,23-,24+,26+,27-,28+/m0/s1. The maximum atomic E-state index is 13.5. The Kier molecular flexibility index (Phi) is 6.98. The Morgan fingerprint density at radius 2 is 1.79 bits per heavy atom. The van der Waals surface area contributed by atoms with E-state index >= 15 is 0 Å². The van der Waals surface area contributed by atoms with Gasteiger partial charge < -0.3 is 9.47 Å². The molecule has 0 amide bonds. The van der Waals surface area contributed by atoms with Crippen LogP contribution in [-0.2, 0) is 48.2 Å². The van der Waals surface area contributed by atoms with Crippen LogP contribution in [0, 0.1) is 40.4 Å². The number of cyclic esters (lactones) is 1. The third-order valence-electron chi connectivity index (χ3n) is 12.0. The van der Waals surface area contributed by atoms with Crippen molar-refractivity contribution in [1.29, 1.82) is 0 Å². The fourth-order valence-corrected chi connectivity index (χ4v) is 10.8. The predicted molar refractivity (Wildman–Crippen MR) is 145 cm³/mol. The minimum Gasteiger partial charge on any atom is -0.458 e. The van der Waals surface area contributed by atoms with Crippen molar-refractivity contribution in [2.24, 2.45) is 40.4 Å². The quantitative estimate of drug-likeness (QED) is 0.239. The molecule has 2 N–H and O–H groups in total. The second-order valence-electron chi connectivity index (χ2n) is 13.6. The number of ether oxygens (including phenoxy) is 2. The molecular formula is C28H38O12S2. The van der Waals surface area contributed by atoms with Gasteiger partial charge in [-0.1, -0.05) is 19.4 Å². The molecule has 0 unspecified atom stereocenters. The third kappa shape index (κ3) is 4.47. The highest BCUT2D eigenvalue weighted by Gasteiger charge is 2.81. The van der Waals surface area contributed by atoms with Gasteiger partial charge in [-0.25, -0.2) is 13.2 Å². The zero-order valence-electron chi connectivity index (χ0n) is 24.0. The molecule has 2 aliphatic heterocycles. The van der Waals surface area contributed by atoms with E-state index in [1.54, 1.807) is 6.92 Å². The van der Waals surface area contributed by atoms with Crippen LogP contribution in [0.5, 0.6) is 0 Å². The van der Waals surface area contributed by atoms with Crippen molar-refractivity contribution in [3.63, 3.8) is 0 Å². The molecule has 0 aromatic heterocycles. The molecule has 0 aromatic rings. The molecule has 11 atom stereocenters. The second kappa shape index (κ2) is 9.66. The lowest BCUT2D eigenvalue weighted by molar-refractivity contribution is -0.155. The average molecular weight is 631 g/mol. The van der Waals surface area contributed by atoms with E-state index in [2.05, 4.69) is 18.0 Å². The van der Waals surface area contributed by atoms with Crippen LogP contribution in [0.15, 0.2) is 23.3 Å². The average Bonchev–Trinajstić information content (AvgIpc) is 3.50. The van der Waals surface area contributed by atoms with E-state index in [4.69, 9.17) is 18.2 Å². The van der Waals surface area contributed by atoms with Gasteiger partial charge in [-0.05, 0) is 93.1 Å². The Morgan fingerprint density at radius 1 is 1.07 bits per heavy atom. The first-order chi connectivity index (χ1) is 19.4. The summed E-state index contributed by atoms with van der Waals surface area (Å²) in [6.45, 7) is 7.43. The van der Waals surface area contributed by atoms with Gasteiger partial charge in [-0.2, -0.15) is 16.8 Å². The van der Waals surface area contributed by atoms with Crippen LogP contribution in [0.2, 0.25) is 0 Å². The first-order valence-electron chi connectivity index (χ1n) is 14.5. The first kappa shape index (κ1) is 30.4. The maximum absolute atomic E-state index is 13.5. The van der Waals surface area contributed by atoms with Gasteiger partial charge in [0, 0.05) is 6.42 Å². The number of esters is 1. The Labute approximate surface area is 246 Å². The fraction of sp³-hybridized carbons (Fsp3) is 0.786. The van der Waals surface area contributed by atoms with Gasteiger partial charge in [0.05, 0.1) is 17.1 Å². The Hall–Kier alpha value is -1.68. The van der Waals surface area contributed by atoms with Gasteiger partial charge in [-0.3, -0.25) is 13.9 Å². The number of fused-ring (bicyclic) bond motifs is 4. The van der Waals surface area contributed by atoms with E-state index in [-0.39, 0.29) is 52.5 Å². The van der Waals surface area contributed by atoms with Crippen molar-refractivity contribution in [3.05, 3.63) is 23.3 Å². The SMILES string of the molecule is CC1=C(COS(=O)(=O)O)C(=O)O[C@@H]([C@@H](C)[C@H]2CC[C@H]3[C@@H]4C[C@H]5O[C@]56[C@@H](OS(=O)(=O)O)C=CC(=O)[C@]6(C)[C@H]4CC[C@]23C)C1. The monoisotopic (exact) mass is 630 g/mol. The number of ketones is 1. The number of hydrogen-bond donors (Lipinski definition) is 2. The van der Waals surface area contributed by atoms with Gasteiger partial charge in [-0.15, -0.1) is 0 Å². The van der Waals surface area contributed by atoms with Crippen LogP contribution in [0.1, 0.15) is 66.2 Å². The zero-order chi connectivity index (χ0) is 30.6. The summed E-state index contributed by atoms with van der Waals surface area (Å²) in [7, 11) is -9.45. The van der Waals surface area contributed by atoms with Gasteiger partial charge in [0.15, 0.2) is 5.78 Å². The van der Waals surface area contributed by atoms with Crippen molar-refractivity contribution in [3.8, 4) is 0 Å². The minimum atomic E-state index is -4.76. The molecule has 42 heavy (non-hydrogen) atoms. The molecule has 4 fully saturated rings. The van der Waals surface area contributed by atoms with E-state index in [1.165, 1.54) is 12.2 Å². The lowest BCUT2D eigenvalue weighted by atomic mass is 9.44. The summed E-state index contributed by atoms with van der Waals surface area (Å²) in [4.78, 5) is 26.3. The summed E-state index contributed by atoms with van der Waals surface area (Å²) in [5, 5.41) is 0. The van der Waals surface area contributed by atoms with Crippen LogP contribution in [-0.4, -0.2) is 68.2 Å². The third-order valence-corrected chi connectivity index (χ3v) is 12.9. The predicted octanol–water partition coefficient (Wildman–Crippen LogP) is 3.01. The summed E-state index contributed by atoms with van der Waals surface area (Å²) in [6, 6.07) is 0. The van der Waals surface area contributed by atoms with Crippen LogP contribution < -0.4 is 0 Å². The lowest BCUT2D eigenvalue weighted by Crippen LogP contribution is -2.64. The van der Waals surface area contributed by atoms with Gasteiger partial charge in [0.1, 0.15) is 24.4 Å². The second-order valence-corrected chi connectivity index (χ2v) is 15.7. The van der Waals surface area contributed by atoms with Crippen LogP contribution >= 0.6 is 0 Å². The molecule has 0 radical (unpaired) electrons. The summed E-state index contributed by atoms with van der Waals surface area (Å²) in [6.07, 6.45) is 5.50. The summed E-state index contributed by atoms with van der Waals surface area (Å²) in [5.74, 6) is -0.0766. The molecule has 1 spiro atoms. The molecule has 2 heterocycles.